The van der Waals surface area contributed by atoms with Gasteiger partial charge in [0.05, 0.1) is 4.47 Å². The molecule has 3 aromatic rings. The lowest BCUT2D eigenvalue weighted by atomic mass is 10.1. The number of likely N-dealkylation sites (N-methyl/N-ethyl adjacent to an activating group) is 2. The van der Waals surface area contributed by atoms with Crippen molar-refractivity contribution >= 4 is 56.0 Å². The molecule has 3 aromatic carbocycles. The number of hydrogen-bond donors (Lipinski definition) is 0. The van der Waals surface area contributed by atoms with Gasteiger partial charge in [0.1, 0.15) is 18.1 Å². The average molecular weight is 481 g/mol. The number of fused-ring (bicyclic) bond motifs is 1. The minimum atomic E-state index is -0.0718. The highest BCUT2D eigenvalue weighted by Gasteiger charge is 2.34. The Morgan fingerprint density at radius 1 is 1.10 bits per heavy atom. The van der Waals surface area contributed by atoms with Gasteiger partial charge >= 0.3 is 0 Å². The van der Waals surface area contributed by atoms with Gasteiger partial charge in [0.25, 0.3) is 5.91 Å². The topological polar surface area (TPSA) is 32.8 Å². The number of carbonyl (C=O) groups is 1. The summed E-state index contributed by atoms with van der Waals surface area (Å²) in [4.78, 5) is 15.9. The fourth-order valence-electron chi connectivity index (χ4n) is 3.55. The Labute approximate surface area is 189 Å². The summed E-state index contributed by atoms with van der Waals surface area (Å²) in [6, 6.07) is 20.3. The Hall–Kier alpha value is -2.70. The lowest BCUT2D eigenvalue weighted by molar-refractivity contribution is -0.122. The second kappa shape index (κ2) is 8.58. The summed E-state index contributed by atoms with van der Waals surface area (Å²) in [7, 11) is 1.82. The van der Waals surface area contributed by atoms with Crippen LogP contribution >= 0.6 is 28.1 Å². The molecular weight excluding hydrogens is 460 g/mol. The maximum atomic E-state index is 12.6. The Kier molecular flexibility index (Phi) is 5.88. The number of halogens is 1. The van der Waals surface area contributed by atoms with Crippen LogP contribution in [0.5, 0.6) is 5.75 Å². The molecule has 1 aliphatic rings. The zero-order chi connectivity index (χ0) is 21.3. The summed E-state index contributed by atoms with van der Waals surface area (Å²) in [6.45, 7) is 2.95. The highest BCUT2D eigenvalue weighted by atomic mass is 79.9. The molecule has 1 aliphatic heterocycles. The van der Waals surface area contributed by atoms with Crippen molar-refractivity contribution < 1.29 is 9.53 Å². The van der Waals surface area contributed by atoms with Gasteiger partial charge in [0, 0.05) is 13.6 Å². The first kappa shape index (κ1) is 20.6. The highest BCUT2D eigenvalue weighted by molar-refractivity contribution is 9.10. The van der Waals surface area contributed by atoms with Crippen LogP contribution in [-0.2, 0) is 11.4 Å². The molecule has 4 nitrogen and oxygen atoms in total. The van der Waals surface area contributed by atoms with Crippen LogP contribution in [0.25, 0.3) is 16.8 Å². The van der Waals surface area contributed by atoms with Gasteiger partial charge < -0.3 is 9.64 Å². The number of amides is 1. The molecule has 4 rings (SSSR count). The van der Waals surface area contributed by atoms with Gasteiger partial charge in [0.2, 0.25) is 0 Å². The minimum Gasteiger partial charge on any atom is -0.488 e. The van der Waals surface area contributed by atoms with Crippen molar-refractivity contribution in [3.8, 4) is 5.75 Å². The van der Waals surface area contributed by atoms with Crippen molar-refractivity contribution in [3.63, 3.8) is 0 Å². The van der Waals surface area contributed by atoms with E-state index in [0.717, 1.165) is 21.3 Å². The fourth-order valence-corrected chi connectivity index (χ4v) is 4.37. The molecule has 0 aliphatic carbocycles. The van der Waals surface area contributed by atoms with Crippen LogP contribution in [0.3, 0.4) is 0 Å². The molecule has 1 saturated heterocycles. The zero-order valence-electron chi connectivity index (χ0n) is 16.8. The molecule has 0 atom stereocenters. The van der Waals surface area contributed by atoms with Crippen molar-refractivity contribution in [1.29, 1.82) is 0 Å². The molecule has 0 saturated carbocycles. The standard InChI is InChI=1S/C24H21BrN2O2S/c1-3-27-23(28)21(26(2)24(27)30)14-16-11-12-22(20(25)13-16)29-15-18-9-6-8-17-7-4-5-10-19(17)18/h4-14H,3,15H2,1-2H3/b21-14-. The summed E-state index contributed by atoms with van der Waals surface area (Å²) in [5, 5.41) is 2.92. The molecule has 1 fully saturated rings. The first-order chi connectivity index (χ1) is 14.5. The Morgan fingerprint density at radius 3 is 2.60 bits per heavy atom. The van der Waals surface area contributed by atoms with E-state index in [1.165, 1.54) is 10.8 Å². The summed E-state index contributed by atoms with van der Waals surface area (Å²) in [6.07, 6.45) is 1.85. The van der Waals surface area contributed by atoms with Crippen LogP contribution in [-0.4, -0.2) is 34.4 Å². The van der Waals surface area contributed by atoms with Gasteiger partial charge in [-0.2, -0.15) is 0 Å². The van der Waals surface area contributed by atoms with E-state index in [-0.39, 0.29) is 5.91 Å². The van der Waals surface area contributed by atoms with Crippen LogP contribution in [0.2, 0.25) is 0 Å². The summed E-state index contributed by atoms with van der Waals surface area (Å²) in [5.41, 5.74) is 2.60. The van der Waals surface area contributed by atoms with Crippen LogP contribution in [0.1, 0.15) is 18.1 Å². The molecule has 6 heteroatoms. The van der Waals surface area contributed by atoms with Crippen molar-refractivity contribution in [3.05, 3.63) is 82.0 Å². The van der Waals surface area contributed by atoms with E-state index in [9.17, 15) is 4.79 Å². The largest absolute Gasteiger partial charge is 0.488 e. The second-order valence-corrected chi connectivity index (χ2v) is 8.26. The second-order valence-electron chi connectivity index (χ2n) is 7.04. The number of thiocarbonyl (C=S) groups is 1. The van der Waals surface area contributed by atoms with E-state index < -0.39 is 0 Å². The average Bonchev–Trinajstić information content (AvgIpc) is 2.96. The van der Waals surface area contributed by atoms with E-state index in [2.05, 4.69) is 40.2 Å². The van der Waals surface area contributed by atoms with Gasteiger partial charge in [0.15, 0.2) is 5.11 Å². The number of rotatable bonds is 5. The molecule has 1 heterocycles. The summed E-state index contributed by atoms with van der Waals surface area (Å²) < 4.78 is 6.91. The van der Waals surface area contributed by atoms with Gasteiger partial charge in [-0.3, -0.25) is 9.69 Å². The van der Waals surface area contributed by atoms with Crippen molar-refractivity contribution in [2.24, 2.45) is 0 Å². The van der Waals surface area contributed by atoms with E-state index in [1.807, 2.05) is 56.4 Å². The Balaban J connectivity index is 1.54. The fraction of sp³-hybridized carbons (Fsp3) is 0.167. The monoisotopic (exact) mass is 480 g/mol. The SMILES string of the molecule is CCN1C(=O)/C(=C/c2ccc(OCc3cccc4ccccc34)c(Br)c2)N(C)C1=S. The summed E-state index contributed by atoms with van der Waals surface area (Å²) in [5.74, 6) is 0.680. The molecule has 0 spiro atoms. The summed E-state index contributed by atoms with van der Waals surface area (Å²) >= 11 is 8.95. The Bertz CT molecular complexity index is 1170. The van der Waals surface area contributed by atoms with Crippen LogP contribution < -0.4 is 4.74 Å². The van der Waals surface area contributed by atoms with Crippen molar-refractivity contribution in [2.45, 2.75) is 13.5 Å². The molecule has 30 heavy (non-hydrogen) atoms. The Morgan fingerprint density at radius 2 is 1.87 bits per heavy atom. The molecule has 0 N–H and O–H groups in total. The number of hydrogen-bond acceptors (Lipinski definition) is 3. The van der Waals surface area contributed by atoms with E-state index in [1.54, 1.807) is 9.80 Å². The minimum absolute atomic E-state index is 0.0718. The predicted molar refractivity (Wildman–Crippen MR) is 128 cm³/mol. The number of carbonyl (C=O) groups excluding carboxylic acids is 1. The maximum absolute atomic E-state index is 12.6. The van der Waals surface area contributed by atoms with Gasteiger partial charge in [-0.25, -0.2) is 0 Å². The predicted octanol–water partition coefficient (Wildman–Crippen LogP) is 5.60. The van der Waals surface area contributed by atoms with E-state index in [4.69, 9.17) is 17.0 Å². The number of benzene rings is 3. The lowest BCUT2D eigenvalue weighted by Gasteiger charge is -2.13. The number of ether oxygens (including phenoxy) is 1. The van der Waals surface area contributed by atoms with Crippen LogP contribution in [0.4, 0.5) is 0 Å². The molecule has 0 radical (unpaired) electrons. The van der Waals surface area contributed by atoms with Gasteiger partial charge in [-0.05, 0) is 75.2 Å². The third-order valence-electron chi connectivity index (χ3n) is 5.18. The third-order valence-corrected chi connectivity index (χ3v) is 6.30. The molecule has 0 bridgehead atoms. The molecular formula is C24H21BrN2O2S. The molecule has 0 aromatic heterocycles. The van der Waals surface area contributed by atoms with Crippen molar-refractivity contribution in [2.75, 3.05) is 13.6 Å². The van der Waals surface area contributed by atoms with E-state index >= 15 is 0 Å². The molecule has 152 valence electrons. The highest BCUT2D eigenvalue weighted by Crippen LogP contribution is 2.30. The first-order valence-electron chi connectivity index (χ1n) is 9.70. The number of nitrogens with zero attached hydrogens (tertiary/aromatic N) is 2. The molecule has 0 unspecified atom stereocenters. The quantitative estimate of drug-likeness (QED) is 0.351. The van der Waals surface area contributed by atoms with Gasteiger partial charge in [-0.15, -0.1) is 0 Å². The third kappa shape index (κ3) is 3.85. The smallest absolute Gasteiger partial charge is 0.276 e. The first-order valence-corrected chi connectivity index (χ1v) is 10.9. The zero-order valence-corrected chi connectivity index (χ0v) is 19.2. The van der Waals surface area contributed by atoms with Crippen LogP contribution in [0, 0.1) is 0 Å². The molecule has 1 amide bonds. The lowest BCUT2D eigenvalue weighted by Crippen LogP contribution is -2.30. The van der Waals surface area contributed by atoms with Crippen molar-refractivity contribution in [1.82, 2.24) is 9.80 Å². The van der Waals surface area contributed by atoms with Crippen LogP contribution in [0.15, 0.2) is 70.8 Å². The van der Waals surface area contributed by atoms with Gasteiger partial charge in [-0.1, -0.05) is 48.5 Å². The van der Waals surface area contributed by atoms with E-state index in [0.29, 0.717) is 24.0 Å². The normalized spacial score (nSPS) is 15.5. The maximum Gasteiger partial charge on any atom is 0.276 e.